The third-order valence-electron chi connectivity index (χ3n) is 3.67. The molecule has 1 atom stereocenters. The van der Waals surface area contributed by atoms with Gasteiger partial charge in [-0.15, -0.1) is 0 Å². The summed E-state index contributed by atoms with van der Waals surface area (Å²) in [6.45, 7) is 5.63. The fourth-order valence-electron chi connectivity index (χ4n) is 2.58. The molecule has 2 heterocycles. The number of rotatable bonds is 4. The lowest BCUT2D eigenvalue weighted by Gasteiger charge is -2.25. The van der Waals surface area contributed by atoms with Crippen molar-refractivity contribution in [2.75, 3.05) is 43.1 Å². The topological polar surface area (TPSA) is 36.4 Å². The first kappa shape index (κ1) is 15.2. The fourth-order valence-corrected chi connectivity index (χ4v) is 3.23. The maximum atomic E-state index is 12.4. The van der Waals surface area contributed by atoms with Crippen molar-refractivity contribution in [3.8, 4) is 0 Å². The number of pyridine rings is 1. The summed E-state index contributed by atoms with van der Waals surface area (Å²) in [6, 6.07) is 4.07. The quantitative estimate of drug-likeness (QED) is 0.852. The fraction of sp³-hybridized carbons (Fsp3) is 0.600. The van der Waals surface area contributed by atoms with Crippen LogP contribution in [0.15, 0.2) is 24.5 Å². The van der Waals surface area contributed by atoms with Crippen LogP contribution in [0.4, 0.5) is 5.69 Å². The Morgan fingerprint density at radius 3 is 2.75 bits per heavy atom. The Morgan fingerprint density at radius 2 is 2.05 bits per heavy atom. The molecule has 5 heteroatoms. The van der Waals surface area contributed by atoms with E-state index in [2.05, 4.69) is 16.1 Å². The molecule has 110 valence electrons. The number of nitrogens with zero attached hydrogens (tertiary/aromatic N) is 3. The van der Waals surface area contributed by atoms with Gasteiger partial charge in [-0.05, 0) is 24.8 Å². The molecule has 1 aromatic rings. The number of hydrogen-bond acceptors (Lipinski definition) is 4. The Labute approximate surface area is 125 Å². The summed E-state index contributed by atoms with van der Waals surface area (Å²) in [5.74, 6) is 1.33. The minimum atomic E-state index is 0.123. The van der Waals surface area contributed by atoms with Crippen LogP contribution in [-0.2, 0) is 4.79 Å². The lowest BCUT2D eigenvalue weighted by atomic mass is 10.2. The zero-order chi connectivity index (χ0) is 14.4. The highest BCUT2D eigenvalue weighted by atomic mass is 32.2. The van der Waals surface area contributed by atoms with Gasteiger partial charge in [0.15, 0.2) is 0 Å². The van der Waals surface area contributed by atoms with Crippen LogP contribution in [-0.4, -0.2) is 54.0 Å². The molecular formula is C15H23N3OS. The smallest absolute Gasteiger partial charge is 0.226 e. The van der Waals surface area contributed by atoms with Crippen molar-refractivity contribution < 1.29 is 4.79 Å². The van der Waals surface area contributed by atoms with Crippen LogP contribution in [0.2, 0.25) is 0 Å². The Balaban J connectivity index is 1.94. The summed E-state index contributed by atoms with van der Waals surface area (Å²) in [5, 5.41) is 0. The summed E-state index contributed by atoms with van der Waals surface area (Å²) in [5.41, 5.74) is 1.20. The highest BCUT2D eigenvalue weighted by Crippen LogP contribution is 2.16. The predicted molar refractivity (Wildman–Crippen MR) is 85.2 cm³/mol. The van der Waals surface area contributed by atoms with Gasteiger partial charge < -0.3 is 9.80 Å². The largest absolute Gasteiger partial charge is 0.370 e. The molecule has 1 saturated heterocycles. The molecule has 20 heavy (non-hydrogen) atoms. The Kier molecular flexibility index (Phi) is 5.71. The van der Waals surface area contributed by atoms with Gasteiger partial charge in [0.25, 0.3) is 0 Å². The second-order valence-corrected chi connectivity index (χ2v) is 6.14. The SMILES string of the molecule is CSCC(C)C(=O)N1CCCN(c2ccncc2)CC1. The number of carbonyl (C=O) groups is 1. The van der Waals surface area contributed by atoms with E-state index in [9.17, 15) is 4.79 Å². The molecule has 0 aromatic carbocycles. The van der Waals surface area contributed by atoms with Crippen molar-refractivity contribution >= 4 is 23.4 Å². The molecule has 1 amide bonds. The minimum Gasteiger partial charge on any atom is -0.370 e. The van der Waals surface area contributed by atoms with Gasteiger partial charge in [0.05, 0.1) is 0 Å². The third kappa shape index (κ3) is 3.88. The van der Waals surface area contributed by atoms with Crippen molar-refractivity contribution in [3.63, 3.8) is 0 Å². The summed E-state index contributed by atoms with van der Waals surface area (Å²) >= 11 is 1.74. The van der Waals surface area contributed by atoms with Gasteiger partial charge in [0.1, 0.15) is 0 Å². The second-order valence-electron chi connectivity index (χ2n) is 5.23. The third-order valence-corrected chi connectivity index (χ3v) is 4.51. The molecule has 0 aliphatic carbocycles. The molecular weight excluding hydrogens is 270 g/mol. The summed E-state index contributed by atoms with van der Waals surface area (Å²) in [6.07, 6.45) is 6.73. The highest BCUT2D eigenvalue weighted by molar-refractivity contribution is 7.98. The lowest BCUT2D eigenvalue weighted by molar-refractivity contribution is -0.134. The van der Waals surface area contributed by atoms with Crippen LogP contribution in [0.5, 0.6) is 0 Å². The standard InChI is InChI=1S/C15H23N3OS/c1-13(12-20-2)15(19)18-9-3-8-17(10-11-18)14-4-6-16-7-5-14/h4-7,13H,3,8-12H2,1-2H3. The molecule has 2 rings (SSSR count). The second kappa shape index (κ2) is 7.53. The monoisotopic (exact) mass is 293 g/mol. The van der Waals surface area contributed by atoms with Gasteiger partial charge in [0.2, 0.25) is 5.91 Å². The van der Waals surface area contributed by atoms with Gasteiger partial charge in [-0.25, -0.2) is 0 Å². The van der Waals surface area contributed by atoms with E-state index in [4.69, 9.17) is 0 Å². The lowest BCUT2D eigenvalue weighted by Crippen LogP contribution is -2.38. The number of anilines is 1. The van der Waals surface area contributed by atoms with E-state index in [-0.39, 0.29) is 5.92 Å². The first-order valence-electron chi connectivity index (χ1n) is 7.15. The molecule has 1 aliphatic rings. The average molecular weight is 293 g/mol. The molecule has 1 aromatic heterocycles. The van der Waals surface area contributed by atoms with Crippen LogP contribution in [0, 0.1) is 5.92 Å². The molecule has 1 aliphatic heterocycles. The van der Waals surface area contributed by atoms with Crippen LogP contribution >= 0.6 is 11.8 Å². The van der Waals surface area contributed by atoms with Gasteiger partial charge in [-0.3, -0.25) is 9.78 Å². The van der Waals surface area contributed by atoms with E-state index in [1.165, 1.54) is 5.69 Å². The molecule has 0 radical (unpaired) electrons. The summed E-state index contributed by atoms with van der Waals surface area (Å²) in [4.78, 5) is 20.8. The van der Waals surface area contributed by atoms with E-state index in [0.29, 0.717) is 5.91 Å². The van der Waals surface area contributed by atoms with Crippen molar-refractivity contribution in [2.24, 2.45) is 5.92 Å². The Hall–Kier alpha value is -1.23. The number of hydrogen-bond donors (Lipinski definition) is 0. The first-order valence-corrected chi connectivity index (χ1v) is 8.54. The molecule has 1 fully saturated rings. The van der Waals surface area contributed by atoms with Gasteiger partial charge in [-0.2, -0.15) is 11.8 Å². The Bertz CT molecular complexity index is 426. The van der Waals surface area contributed by atoms with Crippen molar-refractivity contribution in [3.05, 3.63) is 24.5 Å². The van der Waals surface area contributed by atoms with Crippen molar-refractivity contribution in [2.45, 2.75) is 13.3 Å². The van der Waals surface area contributed by atoms with E-state index < -0.39 is 0 Å². The molecule has 1 unspecified atom stereocenters. The Morgan fingerprint density at radius 1 is 1.30 bits per heavy atom. The van der Waals surface area contributed by atoms with Crippen LogP contribution in [0.3, 0.4) is 0 Å². The number of aromatic nitrogens is 1. The van der Waals surface area contributed by atoms with E-state index in [1.54, 1.807) is 11.8 Å². The van der Waals surface area contributed by atoms with Gasteiger partial charge in [-0.1, -0.05) is 6.92 Å². The van der Waals surface area contributed by atoms with E-state index in [1.807, 2.05) is 36.4 Å². The maximum Gasteiger partial charge on any atom is 0.226 e. The number of thioether (sulfide) groups is 1. The normalized spacial score (nSPS) is 17.7. The maximum absolute atomic E-state index is 12.4. The first-order chi connectivity index (χ1) is 9.72. The molecule has 4 nitrogen and oxygen atoms in total. The van der Waals surface area contributed by atoms with E-state index >= 15 is 0 Å². The summed E-state index contributed by atoms with van der Waals surface area (Å²) < 4.78 is 0. The number of carbonyl (C=O) groups excluding carboxylic acids is 1. The van der Waals surface area contributed by atoms with Gasteiger partial charge >= 0.3 is 0 Å². The molecule has 0 saturated carbocycles. The van der Waals surface area contributed by atoms with E-state index in [0.717, 1.165) is 38.4 Å². The molecule has 0 bridgehead atoms. The average Bonchev–Trinajstić information content (AvgIpc) is 2.73. The van der Waals surface area contributed by atoms with Gasteiger partial charge in [0, 0.05) is 55.9 Å². The highest BCUT2D eigenvalue weighted by Gasteiger charge is 2.23. The zero-order valence-corrected chi connectivity index (χ0v) is 13.1. The molecule has 0 N–H and O–H groups in total. The van der Waals surface area contributed by atoms with Crippen LogP contribution in [0.25, 0.3) is 0 Å². The summed E-state index contributed by atoms with van der Waals surface area (Å²) in [7, 11) is 0. The minimum absolute atomic E-state index is 0.123. The van der Waals surface area contributed by atoms with Crippen molar-refractivity contribution in [1.82, 2.24) is 9.88 Å². The zero-order valence-electron chi connectivity index (χ0n) is 12.3. The van der Waals surface area contributed by atoms with Crippen molar-refractivity contribution in [1.29, 1.82) is 0 Å². The van der Waals surface area contributed by atoms with Crippen LogP contribution < -0.4 is 4.90 Å². The molecule has 0 spiro atoms. The van der Waals surface area contributed by atoms with Crippen LogP contribution in [0.1, 0.15) is 13.3 Å². The predicted octanol–water partition coefficient (Wildman–Crippen LogP) is 2.12. The number of amides is 1.